The standard InChI is InChI=1S/C27H35N5O4S/c1-4-5-18-14-21(30-25-22(18)23(28)24(37-25)27(35)36)32-12-10-19(11-13-32)29-15-20(33)16-6-8-17(9-7-16)26(34)31(2)3/h6-9,14,19-20,29,33H,4-5,10-13,15,28H2,1-3H3,(H,35,36). The van der Waals surface area contributed by atoms with Crippen molar-refractivity contribution in [1.82, 2.24) is 15.2 Å². The molecule has 1 aromatic carbocycles. The van der Waals surface area contributed by atoms with Crippen molar-refractivity contribution in [3.05, 3.63) is 51.9 Å². The second-order valence-electron chi connectivity index (χ2n) is 9.73. The molecule has 1 aliphatic heterocycles. The number of fused-ring (bicyclic) bond motifs is 1. The number of amides is 1. The van der Waals surface area contributed by atoms with Crippen LogP contribution in [0.2, 0.25) is 0 Å². The molecule has 198 valence electrons. The number of hydrogen-bond donors (Lipinski definition) is 4. The molecule has 10 heteroatoms. The van der Waals surface area contributed by atoms with E-state index in [1.165, 1.54) is 4.90 Å². The van der Waals surface area contributed by atoms with Crippen LogP contribution in [0.1, 0.15) is 63.4 Å². The average molecular weight is 526 g/mol. The van der Waals surface area contributed by atoms with Gasteiger partial charge >= 0.3 is 5.97 Å². The molecule has 1 saturated heterocycles. The number of nitrogens with two attached hydrogens (primary N) is 1. The number of hydrogen-bond acceptors (Lipinski definition) is 8. The van der Waals surface area contributed by atoms with Gasteiger partial charge in [-0.1, -0.05) is 25.5 Å². The van der Waals surface area contributed by atoms with Gasteiger partial charge in [-0.2, -0.15) is 0 Å². The van der Waals surface area contributed by atoms with Crippen molar-refractivity contribution in [3.63, 3.8) is 0 Å². The summed E-state index contributed by atoms with van der Waals surface area (Å²) >= 11 is 1.14. The Balaban J connectivity index is 1.37. The largest absolute Gasteiger partial charge is 0.477 e. The zero-order valence-electron chi connectivity index (χ0n) is 21.5. The Hall–Kier alpha value is -3.21. The van der Waals surface area contributed by atoms with Crippen LogP contribution in [0.3, 0.4) is 0 Å². The number of thiophene rings is 1. The summed E-state index contributed by atoms with van der Waals surface area (Å²) in [6.45, 7) is 4.15. The molecule has 4 rings (SSSR count). The predicted octanol–water partition coefficient (Wildman–Crippen LogP) is 3.52. The van der Waals surface area contributed by atoms with E-state index in [9.17, 15) is 19.8 Å². The van der Waals surface area contributed by atoms with Crippen LogP contribution in [0.5, 0.6) is 0 Å². The van der Waals surface area contributed by atoms with Crippen LogP contribution in [0.25, 0.3) is 10.2 Å². The minimum atomic E-state index is -1.02. The molecule has 1 fully saturated rings. The van der Waals surface area contributed by atoms with E-state index in [0.717, 1.165) is 72.4 Å². The first-order valence-electron chi connectivity index (χ1n) is 12.6. The molecule has 3 heterocycles. The number of aromatic nitrogens is 1. The fourth-order valence-electron chi connectivity index (χ4n) is 4.79. The van der Waals surface area contributed by atoms with Crippen LogP contribution in [0, 0.1) is 0 Å². The lowest BCUT2D eigenvalue weighted by Gasteiger charge is -2.34. The highest BCUT2D eigenvalue weighted by atomic mass is 32.1. The third-order valence-corrected chi connectivity index (χ3v) is 7.94. The van der Waals surface area contributed by atoms with Crippen molar-refractivity contribution in [2.24, 2.45) is 0 Å². The molecule has 1 amide bonds. The molecule has 0 radical (unpaired) electrons. The van der Waals surface area contributed by atoms with Crippen LogP contribution >= 0.6 is 11.3 Å². The van der Waals surface area contributed by atoms with Gasteiger partial charge in [0.05, 0.1) is 11.8 Å². The molecule has 2 aromatic heterocycles. The maximum absolute atomic E-state index is 12.1. The Morgan fingerprint density at radius 2 is 1.92 bits per heavy atom. The highest BCUT2D eigenvalue weighted by Gasteiger charge is 2.24. The van der Waals surface area contributed by atoms with Gasteiger partial charge in [0, 0.05) is 50.7 Å². The molecule has 1 atom stereocenters. The number of nitrogen functional groups attached to an aromatic ring is 1. The number of pyridine rings is 1. The molecular weight excluding hydrogens is 490 g/mol. The van der Waals surface area contributed by atoms with Crippen molar-refractivity contribution >= 4 is 44.9 Å². The Labute approximate surface area is 220 Å². The Bertz CT molecular complexity index is 1270. The van der Waals surface area contributed by atoms with E-state index in [2.05, 4.69) is 23.2 Å². The molecule has 5 N–H and O–H groups in total. The van der Waals surface area contributed by atoms with Crippen molar-refractivity contribution < 1.29 is 19.8 Å². The first-order chi connectivity index (χ1) is 17.7. The second kappa shape index (κ2) is 11.5. The van der Waals surface area contributed by atoms with Crippen molar-refractivity contribution in [2.75, 3.05) is 44.4 Å². The average Bonchev–Trinajstić information content (AvgIpc) is 3.24. The highest BCUT2D eigenvalue weighted by Crippen LogP contribution is 2.37. The number of carboxylic acids is 1. The molecule has 0 spiro atoms. The number of carbonyl (C=O) groups excluding carboxylic acids is 1. The van der Waals surface area contributed by atoms with Crippen LogP contribution in [-0.4, -0.2) is 71.7 Å². The Morgan fingerprint density at radius 1 is 1.24 bits per heavy atom. The fourth-order valence-corrected chi connectivity index (χ4v) is 5.76. The Morgan fingerprint density at radius 3 is 2.51 bits per heavy atom. The van der Waals surface area contributed by atoms with Gasteiger partial charge in [-0.05, 0) is 48.6 Å². The van der Waals surface area contributed by atoms with Crippen LogP contribution in [0.15, 0.2) is 30.3 Å². The molecule has 3 aromatic rings. The molecular formula is C27H35N5O4S. The molecule has 37 heavy (non-hydrogen) atoms. The van der Waals surface area contributed by atoms with Gasteiger partial charge in [0.15, 0.2) is 0 Å². The van der Waals surface area contributed by atoms with E-state index in [0.29, 0.717) is 22.6 Å². The number of nitrogens with zero attached hydrogens (tertiary/aromatic N) is 3. The van der Waals surface area contributed by atoms with E-state index in [1.807, 2.05) is 0 Å². The number of piperidine rings is 1. The van der Waals surface area contributed by atoms with Crippen LogP contribution < -0.4 is 16.0 Å². The van der Waals surface area contributed by atoms with Crippen molar-refractivity contribution in [3.8, 4) is 0 Å². The van der Waals surface area contributed by atoms with E-state index < -0.39 is 12.1 Å². The normalized spacial score (nSPS) is 15.2. The molecule has 1 aliphatic rings. The third-order valence-electron chi connectivity index (χ3n) is 6.85. The summed E-state index contributed by atoms with van der Waals surface area (Å²) in [5.41, 5.74) is 8.91. The van der Waals surface area contributed by atoms with Gasteiger partial charge in [0.1, 0.15) is 15.5 Å². The van der Waals surface area contributed by atoms with E-state index in [-0.39, 0.29) is 16.8 Å². The van der Waals surface area contributed by atoms with Crippen molar-refractivity contribution in [2.45, 2.75) is 44.8 Å². The van der Waals surface area contributed by atoms with Crippen LogP contribution in [0.4, 0.5) is 11.5 Å². The monoisotopic (exact) mass is 525 g/mol. The zero-order chi connectivity index (χ0) is 26.7. The smallest absolute Gasteiger partial charge is 0.348 e. The lowest BCUT2D eigenvalue weighted by atomic mass is 10.0. The molecule has 0 saturated carbocycles. The summed E-state index contributed by atoms with van der Waals surface area (Å²) in [5, 5.41) is 24.4. The number of aliphatic hydroxyl groups is 1. The number of rotatable bonds is 9. The van der Waals surface area contributed by atoms with Gasteiger partial charge in [-0.25, -0.2) is 9.78 Å². The van der Waals surface area contributed by atoms with Gasteiger partial charge in [-0.15, -0.1) is 11.3 Å². The lowest BCUT2D eigenvalue weighted by Crippen LogP contribution is -2.44. The van der Waals surface area contributed by atoms with Gasteiger partial charge in [0.25, 0.3) is 5.91 Å². The number of carboxylic acid groups (broad SMARTS) is 1. The number of aromatic carboxylic acids is 1. The van der Waals surface area contributed by atoms with Crippen molar-refractivity contribution in [1.29, 1.82) is 0 Å². The number of nitrogens with one attached hydrogen (secondary N) is 1. The molecule has 0 bridgehead atoms. The van der Waals surface area contributed by atoms with Crippen LogP contribution in [-0.2, 0) is 6.42 Å². The highest BCUT2D eigenvalue weighted by molar-refractivity contribution is 7.21. The summed E-state index contributed by atoms with van der Waals surface area (Å²) in [6, 6.07) is 9.43. The minimum absolute atomic E-state index is 0.0637. The summed E-state index contributed by atoms with van der Waals surface area (Å²) in [7, 11) is 3.43. The quantitative estimate of drug-likeness (QED) is 0.334. The zero-order valence-corrected chi connectivity index (χ0v) is 22.3. The molecule has 9 nitrogen and oxygen atoms in total. The Kier molecular flexibility index (Phi) is 8.31. The SMILES string of the molecule is CCCc1cc(N2CCC(NCC(O)c3ccc(C(=O)N(C)C)cc3)CC2)nc2sc(C(=O)O)c(N)c12. The van der Waals surface area contributed by atoms with Gasteiger partial charge in [-0.3, -0.25) is 4.79 Å². The number of anilines is 2. The fraction of sp³-hybridized carbons (Fsp3) is 0.444. The molecule has 1 unspecified atom stereocenters. The molecule has 0 aliphatic carbocycles. The minimum Gasteiger partial charge on any atom is -0.477 e. The number of benzene rings is 1. The number of carbonyl (C=O) groups is 2. The first-order valence-corrected chi connectivity index (χ1v) is 13.4. The van der Waals surface area contributed by atoms with Gasteiger partial charge in [0.2, 0.25) is 0 Å². The maximum atomic E-state index is 12.1. The maximum Gasteiger partial charge on any atom is 0.348 e. The second-order valence-corrected chi connectivity index (χ2v) is 10.7. The van der Waals surface area contributed by atoms with Gasteiger partial charge < -0.3 is 31.1 Å². The first kappa shape index (κ1) is 26.8. The van der Waals surface area contributed by atoms with E-state index in [4.69, 9.17) is 10.7 Å². The predicted molar refractivity (Wildman–Crippen MR) is 148 cm³/mol. The van der Waals surface area contributed by atoms with E-state index in [1.54, 1.807) is 38.4 Å². The summed E-state index contributed by atoms with van der Waals surface area (Å²) < 4.78 is 0. The third kappa shape index (κ3) is 5.87. The summed E-state index contributed by atoms with van der Waals surface area (Å²) in [5.74, 6) is -0.220. The summed E-state index contributed by atoms with van der Waals surface area (Å²) in [4.78, 5) is 33.0. The lowest BCUT2D eigenvalue weighted by molar-refractivity contribution is 0.0702. The topological polar surface area (TPSA) is 132 Å². The summed E-state index contributed by atoms with van der Waals surface area (Å²) in [6.07, 6.45) is 2.89. The number of aryl methyl sites for hydroxylation is 1. The van der Waals surface area contributed by atoms with E-state index >= 15 is 0 Å². The number of aliphatic hydroxyl groups excluding tert-OH is 1.